The van der Waals surface area contributed by atoms with E-state index in [-0.39, 0.29) is 5.97 Å². The second kappa shape index (κ2) is 7.04. The van der Waals surface area contributed by atoms with Crippen molar-refractivity contribution in [2.75, 3.05) is 0 Å². The van der Waals surface area contributed by atoms with Crippen molar-refractivity contribution in [3.63, 3.8) is 0 Å². The maximum absolute atomic E-state index is 12.9. The number of carbonyl (C=O) groups is 1. The number of aryl methyl sites for hydroxylation is 2. The Hall–Kier alpha value is -3.46. The molecule has 1 aromatic heterocycles. The number of esters is 1. The molecule has 0 saturated heterocycles. The minimum atomic E-state index is -0.384. The third-order valence-corrected chi connectivity index (χ3v) is 4.51. The summed E-state index contributed by atoms with van der Waals surface area (Å²) in [7, 11) is 0. The summed E-state index contributed by atoms with van der Waals surface area (Å²) >= 11 is 0. The first-order valence-corrected chi connectivity index (χ1v) is 8.86. The molecule has 0 amide bonds. The average molecular weight is 353 g/mol. The van der Waals surface area contributed by atoms with Gasteiger partial charge in [0.2, 0.25) is 0 Å². The van der Waals surface area contributed by atoms with Crippen LogP contribution in [-0.4, -0.2) is 11.0 Å². The van der Waals surface area contributed by atoms with Gasteiger partial charge in [-0.1, -0.05) is 65.7 Å². The third-order valence-electron chi connectivity index (χ3n) is 4.51. The molecule has 4 aromatic rings. The molecule has 0 N–H and O–H groups in total. The lowest BCUT2D eigenvalue weighted by atomic mass is 10.0. The summed E-state index contributed by atoms with van der Waals surface area (Å²) in [5.41, 5.74) is 5.30. The molecule has 0 fully saturated rings. The lowest BCUT2D eigenvalue weighted by Crippen LogP contribution is -2.10. The molecule has 3 heteroatoms. The highest BCUT2D eigenvalue weighted by Gasteiger charge is 2.16. The van der Waals surface area contributed by atoms with Crippen LogP contribution in [0.25, 0.3) is 22.2 Å². The van der Waals surface area contributed by atoms with Gasteiger partial charge in [-0.15, -0.1) is 0 Å². The molecule has 3 nitrogen and oxygen atoms in total. The molecule has 0 unspecified atom stereocenters. The van der Waals surface area contributed by atoms with Gasteiger partial charge < -0.3 is 4.74 Å². The molecular weight excluding hydrogens is 334 g/mol. The van der Waals surface area contributed by atoms with E-state index in [2.05, 4.69) is 0 Å². The Morgan fingerprint density at radius 2 is 1.44 bits per heavy atom. The Kier molecular flexibility index (Phi) is 4.43. The Balaban J connectivity index is 1.79. The van der Waals surface area contributed by atoms with Gasteiger partial charge in [-0.3, -0.25) is 0 Å². The van der Waals surface area contributed by atoms with E-state index < -0.39 is 0 Å². The standard InChI is InChI=1S/C24H19NO2/c1-16-7-11-18(12-8-16)23-15-21(20-5-3-4-6-22(20)25-23)24(26)27-19-13-9-17(2)10-14-19/h3-15H,1-2H3. The Morgan fingerprint density at radius 1 is 0.815 bits per heavy atom. The van der Waals surface area contributed by atoms with Gasteiger partial charge in [0.05, 0.1) is 16.8 Å². The third kappa shape index (κ3) is 3.58. The molecule has 27 heavy (non-hydrogen) atoms. The molecule has 3 aromatic carbocycles. The van der Waals surface area contributed by atoms with Gasteiger partial charge in [0.15, 0.2) is 0 Å². The fourth-order valence-electron chi connectivity index (χ4n) is 2.98. The number of pyridine rings is 1. The summed E-state index contributed by atoms with van der Waals surface area (Å²) < 4.78 is 5.61. The van der Waals surface area contributed by atoms with E-state index in [1.54, 1.807) is 12.1 Å². The predicted octanol–water partition coefficient (Wildman–Crippen LogP) is 5.74. The number of hydrogen-bond acceptors (Lipinski definition) is 3. The van der Waals surface area contributed by atoms with Crippen molar-refractivity contribution >= 4 is 16.9 Å². The molecule has 1 heterocycles. The molecule has 132 valence electrons. The largest absolute Gasteiger partial charge is 0.423 e. The molecule has 0 atom stereocenters. The Labute approximate surface area is 158 Å². The normalized spacial score (nSPS) is 10.7. The summed E-state index contributed by atoms with van der Waals surface area (Å²) in [5, 5.41) is 0.783. The first kappa shape index (κ1) is 17.0. The lowest BCUT2D eigenvalue weighted by Gasteiger charge is -2.10. The number of benzene rings is 3. The predicted molar refractivity (Wildman–Crippen MR) is 108 cm³/mol. The van der Waals surface area contributed by atoms with Crippen LogP contribution < -0.4 is 4.74 Å². The zero-order valence-corrected chi connectivity index (χ0v) is 15.3. The summed E-state index contributed by atoms with van der Waals surface area (Å²) in [6, 6.07) is 25.0. The minimum absolute atomic E-state index is 0.384. The Morgan fingerprint density at radius 3 is 2.15 bits per heavy atom. The van der Waals surface area contributed by atoms with E-state index in [0.717, 1.165) is 27.7 Å². The van der Waals surface area contributed by atoms with Crippen molar-refractivity contribution in [1.29, 1.82) is 0 Å². The average Bonchev–Trinajstić information content (AvgIpc) is 2.69. The highest BCUT2D eigenvalue weighted by Crippen LogP contribution is 2.26. The van der Waals surface area contributed by atoms with Crippen LogP contribution in [0.5, 0.6) is 5.75 Å². The van der Waals surface area contributed by atoms with E-state index in [0.29, 0.717) is 11.3 Å². The van der Waals surface area contributed by atoms with Gasteiger partial charge in [-0.25, -0.2) is 9.78 Å². The van der Waals surface area contributed by atoms with Crippen molar-refractivity contribution in [3.8, 4) is 17.0 Å². The van der Waals surface area contributed by atoms with Gasteiger partial charge in [-0.05, 0) is 38.1 Å². The smallest absolute Gasteiger partial charge is 0.344 e. The van der Waals surface area contributed by atoms with Crippen molar-refractivity contribution in [3.05, 3.63) is 95.6 Å². The van der Waals surface area contributed by atoms with E-state index in [4.69, 9.17) is 9.72 Å². The molecular formula is C24H19NO2. The molecule has 0 aliphatic heterocycles. The SMILES string of the molecule is Cc1ccc(OC(=O)c2cc(-c3ccc(C)cc3)nc3ccccc23)cc1. The van der Waals surface area contributed by atoms with Crippen LogP contribution in [-0.2, 0) is 0 Å². The zero-order chi connectivity index (χ0) is 18.8. The van der Waals surface area contributed by atoms with E-state index in [1.807, 2.05) is 80.6 Å². The molecule has 0 bridgehead atoms. The maximum Gasteiger partial charge on any atom is 0.344 e. The van der Waals surface area contributed by atoms with Crippen molar-refractivity contribution in [2.45, 2.75) is 13.8 Å². The van der Waals surface area contributed by atoms with Crippen LogP contribution in [0, 0.1) is 13.8 Å². The van der Waals surface area contributed by atoms with Crippen LogP contribution in [0.3, 0.4) is 0 Å². The van der Waals surface area contributed by atoms with Crippen LogP contribution in [0.1, 0.15) is 21.5 Å². The maximum atomic E-state index is 12.9. The van der Waals surface area contributed by atoms with Gasteiger partial charge in [0, 0.05) is 10.9 Å². The Bertz CT molecular complexity index is 1110. The number of nitrogens with zero attached hydrogens (tertiary/aromatic N) is 1. The summed E-state index contributed by atoms with van der Waals surface area (Å²) in [5.74, 6) is 0.147. The number of carbonyl (C=O) groups excluding carboxylic acids is 1. The molecule has 0 aliphatic rings. The number of rotatable bonds is 3. The quantitative estimate of drug-likeness (QED) is 0.348. The zero-order valence-electron chi connectivity index (χ0n) is 15.3. The van der Waals surface area contributed by atoms with Crippen LogP contribution >= 0.6 is 0 Å². The second-order valence-corrected chi connectivity index (χ2v) is 6.64. The van der Waals surface area contributed by atoms with Crippen LogP contribution in [0.15, 0.2) is 78.9 Å². The van der Waals surface area contributed by atoms with Gasteiger partial charge >= 0.3 is 5.97 Å². The fourth-order valence-corrected chi connectivity index (χ4v) is 2.98. The minimum Gasteiger partial charge on any atom is -0.423 e. The van der Waals surface area contributed by atoms with Crippen LogP contribution in [0.2, 0.25) is 0 Å². The first-order valence-electron chi connectivity index (χ1n) is 8.86. The van der Waals surface area contributed by atoms with Crippen molar-refractivity contribution < 1.29 is 9.53 Å². The van der Waals surface area contributed by atoms with Gasteiger partial charge in [-0.2, -0.15) is 0 Å². The first-order chi connectivity index (χ1) is 13.1. The summed E-state index contributed by atoms with van der Waals surface area (Å²) in [6.07, 6.45) is 0. The summed E-state index contributed by atoms with van der Waals surface area (Å²) in [4.78, 5) is 17.6. The highest BCUT2D eigenvalue weighted by atomic mass is 16.5. The topological polar surface area (TPSA) is 39.2 Å². The molecule has 0 saturated carbocycles. The number of para-hydroxylation sites is 1. The fraction of sp³-hybridized carbons (Fsp3) is 0.0833. The van der Waals surface area contributed by atoms with E-state index in [1.165, 1.54) is 5.56 Å². The van der Waals surface area contributed by atoms with Gasteiger partial charge in [0.25, 0.3) is 0 Å². The number of ether oxygens (including phenoxy) is 1. The van der Waals surface area contributed by atoms with Crippen molar-refractivity contribution in [1.82, 2.24) is 4.98 Å². The number of hydrogen-bond donors (Lipinski definition) is 0. The molecule has 0 radical (unpaired) electrons. The monoisotopic (exact) mass is 353 g/mol. The van der Waals surface area contributed by atoms with Gasteiger partial charge in [0.1, 0.15) is 5.75 Å². The van der Waals surface area contributed by atoms with E-state index >= 15 is 0 Å². The molecule has 0 spiro atoms. The number of fused-ring (bicyclic) bond motifs is 1. The summed E-state index contributed by atoms with van der Waals surface area (Å²) in [6.45, 7) is 4.04. The van der Waals surface area contributed by atoms with Crippen LogP contribution in [0.4, 0.5) is 0 Å². The lowest BCUT2D eigenvalue weighted by molar-refractivity contribution is 0.0737. The molecule has 0 aliphatic carbocycles. The van der Waals surface area contributed by atoms with Crippen molar-refractivity contribution in [2.24, 2.45) is 0 Å². The second-order valence-electron chi connectivity index (χ2n) is 6.64. The number of aromatic nitrogens is 1. The van der Waals surface area contributed by atoms with E-state index in [9.17, 15) is 4.79 Å². The molecule has 4 rings (SSSR count). The highest BCUT2D eigenvalue weighted by molar-refractivity contribution is 6.05.